The molecule has 0 saturated heterocycles. The summed E-state index contributed by atoms with van der Waals surface area (Å²) in [6, 6.07) is 6.07. The first kappa shape index (κ1) is 16.1. The van der Waals surface area contributed by atoms with Gasteiger partial charge < -0.3 is 9.79 Å². The summed E-state index contributed by atoms with van der Waals surface area (Å²) >= 11 is 0. The maximum absolute atomic E-state index is 11.7. The molecule has 0 heterocycles. The molecule has 1 aromatic rings. The largest absolute Gasteiger partial charge is 0.351 e. The van der Waals surface area contributed by atoms with E-state index in [2.05, 4.69) is 10.8 Å². The van der Waals surface area contributed by atoms with Gasteiger partial charge in [-0.2, -0.15) is 8.42 Å². The standard InChI is InChI=1S/C11H15O6PS/c1-9-3-5-11(6-4-9)19(15,16)17-8-7-10(2)18(12,13)14/h3-6H,2,7-8H2,1H3,(H2,12,13,14). The molecule has 0 aliphatic rings. The van der Waals surface area contributed by atoms with Gasteiger partial charge in [-0.05, 0) is 19.1 Å². The van der Waals surface area contributed by atoms with E-state index in [4.69, 9.17) is 9.79 Å². The van der Waals surface area contributed by atoms with Gasteiger partial charge >= 0.3 is 7.60 Å². The summed E-state index contributed by atoms with van der Waals surface area (Å²) in [5.74, 6) is 0. The predicted octanol–water partition coefficient (Wildman–Crippen LogP) is 1.78. The maximum atomic E-state index is 11.7. The zero-order valence-electron chi connectivity index (χ0n) is 10.3. The third-order valence-corrected chi connectivity index (χ3v) is 4.72. The van der Waals surface area contributed by atoms with Crippen molar-refractivity contribution in [3.8, 4) is 0 Å². The quantitative estimate of drug-likeness (QED) is 0.613. The van der Waals surface area contributed by atoms with E-state index in [1.165, 1.54) is 12.1 Å². The summed E-state index contributed by atoms with van der Waals surface area (Å²) < 4.78 is 38.9. The maximum Gasteiger partial charge on any atom is 0.351 e. The fraction of sp³-hybridized carbons (Fsp3) is 0.273. The molecule has 0 aromatic heterocycles. The van der Waals surface area contributed by atoms with E-state index in [0.29, 0.717) is 0 Å². The molecule has 0 radical (unpaired) electrons. The van der Waals surface area contributed by atoms with Gasteiger partial charge in [0.25, 0.3) is 10.1 Å². The van der Waals surface area contributed by atoms with Crippen LogP contribution in [0, 0.1) is 6.92 Å². The van der Waals surface area contributed by atoms with Gasteiger partial charge in [-0.3, -0.25) is 8.75 Å². The lowest BCUT2D eigenvalue weighted by atomic mass is 10.2. The Morgan fingerprint density at radius 1 is 1.32 bits per heavy atom. The zero-order valence-corrected chi connectivity index (χ0v) is 12.0. The molecule has 8 heteroatoms. The third kappa shape index (κ3) is 4.89. The molecule has 1 rings (SSSR count). The first-order valence-corrected chi connectivity index (χ1v) is 8.35. The molecule has 2 N–H and O–H groups in total. The van der Waals surface area contributed by atoms with Crippen LogP contribution in [0.5, 0.6) is 0 Å². The van der Waals surface area contributed by atoms with Crippen molar-refractivity contribution in [2.75, 3.05) is 6.61 Å². The van der Waals surface area contributed by atoms with Crippen LogP contribution in [-0.4, -0.2) is 24.8 Å². The Hall–Kier alpha value is -0.980. The molecule has 19 heavy (non-hydrogen) atoms. The Bertz CT molecular complexity index is 599. The van der Waals surface area contributed by atoms with Crippen LogP contribution >= 0.6 is 7.60 Å². The molecule has 0 fully saturated rings. The van der Waals surface area contributed by atoms with Gasteiger partial charge in [0.1, 0.15) is 0 Å². The van der Waals surface area contributed by atoms with E-state index in [0.717, 1.165) is 5.56 Å². The molecule has 0 spiro atoms. The van der Waals surface area contributed by atoms with Crippen molar-refractivity contribution in [3.63, 3.8) is 0 Å². The summed E-state index contributed by atoms with van der Waals surface area (Å²) in [5.41, 5.74) is 0.911. The zero-order chi connectivity index (χ0) is 14.7. The second-order valence-electron chi connectivity index (χ2n) is 3.95. The van der Waals surface area contributed by atoms with Gasteiger partial charge in [0.05, 0.1) is 11.5 Å². The number of hydrogen-bond acceptors (Lipinski definition) is 4. The van der Waals surface area contributed by atoms with Crippen LogP contribution in [0.3, 0.4) is 0 Å². The van der Waals surface area contributed by atoms with Crippen LogP contribution in [0.4, 0.5) is 0 Å². The van der Waals surface area contributed by atoms with Gasteiger partial charge in [0.15, 0.2) is 0 Å². The average Bonchev–Trinajstić information content (AvgIpc) is 2.28. The van der Waals surface area contributed by atoms with Crippen LogP contribution in [0.15, 0.2) is 41.1 Å². The van der Waals surface area contributed by atoms with E-state index in [9.17, 15) is 13.0 Å². The second-order valence-corrected chi connectivity index (χ2v) is 7.29. The van der Waals surface area contributed by atoms with E-state index < -0.39 is 17.7 Å². The van der Waals surface area contributed by atoms with Crippen molar-refractivity contribution in [1.82, 2.24) is 0 Å². The first-order valence-electron chi connectivity index (χ1n) is 5.33. The Labute approximate surface area is 112 Å². The fourth-order valence-corrected chi connectivity index (χ4v) is 2.48. The van der Waals surface area contributed by atoms with Crippen LogP contribution in [0.2, 0.25) is 0 Å². The smallest absolute Gasteiger partial charge is 0.321 e. The molecule has 0 unspecified atom stereocenters. The van der Waals surface area contributed by atoms with Crippen molar-refractivity contribution in [3.05, 3.63) is 41.7 Å². The fourth-order valence-electron chi connectivity index (χ4n) is 1.19. The van der Waals surface area contributed by atoms with E-state index >= 15 is 0 Å². The molecule has 0 saturated carbocycles. The highest BCUT2D eigenvalue weighted by atomic mass is 32.2. The number of benzene rings is 1. The minimum Gasteiger partial charge on any atom is -0.321 e. The lowest BCUT2D eigenvalue weighted by molar-refractivity contribution is 0.318. The van der Waals surface area contributed by atoms with Crippen molar-refractivity contribution in [2.24, 2.45) is 0 Å². The molecule has 0 atom stereocenters. The third-order valence-electron chi connectivity index (χ3n) is 2.35. The van der Waals surface area contributed by atoms with Crippen molar-refractivity contribution >= 4 is 17.7 Å². The highest BCUT2D eigenvalue weighted by Crippen LogP contribution is 2.45. The Morgan fingerprint density at radius 2 is 1.84 bits per heavy atom. The summed E-state index contributed by atoms with van der Waals surface area (Å²) in [4.78, 5) is 17.5. The summed E-state index contributed by atoms with van der Waals surface area (Å²) in [5, 5.41) is -0.355. The molecular formula is C11H15O6PS. The molecule has 0 aliphatic heterocycles. The highest BCUT2D eigenvalue weighted by Gasteiger charge is 2.20. The normalized spacial score (nSPS) is 12.4. The van der Waals surface area contributed by atoms with Crippen molar-refractivity contribution in [2.45, 2.75) is 18.2 Å². The van der Waals surface area contributed by atoms with Crippen LogP contribution in [0.1, 0.15) is 12.0 Å². The van der Waals surface area contributed by atoms with E-state index in [1.54, 1.807) is 12.1 Å². The SMILES string of the molecule is C=C(CCOS(=O)(=O)c1ccc(C)cc1)P(=O)(O)O. The summed E-state index contributed by atoms with van der Waals surface area (Å²) in [7, 11) is -8.30. The van der Waals surface area contributed by atoms with Crippen molar-refractivity contribution < 1.29 is 27.0 Å². The molecule has 106 valence electrons. The van der Waals surface area contributed by atoms with Crippen molar-refractivity contribution in [1.29, 1.82) is 0 Å². The molecule has 6 nitrogen and oxygen atoms in total. The highest BCUT2D eigenvalue weighted by molar-refractivity contribution is 7.86. The van der Waals surface area contributed by atoms with Gasteiger partial charge in [-0.25, -0.2) is 0 Å². The van der Waals surface area contributed by atoms with Crippen LogP contribution in [0.25, 0.3) is 0 Å². The molecule has 0 aliphatic carbocycles. The van der Waals surface area contributed by atoms with Gasteiger partial charge in [-0.1, -0.05) is 24.3 Å². The van der Waals surface area contributed by atoms with Gasteiger partial charge in [0.2, 0.25) is 0 Å². The molecular weight excluding hydrogens is 291 g/mol. The number of hydrogen-bond donors (Lipinski definition) is 2. The minimum absolute atomic E-state index is 0.000100. The average molecular weight is 306 g/mol. The Morgan fingerprint density at radius 3 is 2.32 bits per heavy atom. The predicted molar refractivity (Wildman–Crippen MR) is 70.1 cm³/mol. The molecule has 0 bridgehead atoms. The number of aryl methyl sites for hydroxylation is 1. The van der Waals surface area contributed by atoms with E-state index in [-0.39, 0.29) is 23.2 Å². The summed E-state index contributed by atoms with van der Waals surface area (Å²) in [6.07, 6.45) is -0.227. The molecule has 1 aromatic carbocycles. The lowest BCUT2D eigenvalue weighted by Crippen LogP contribution is -2.08. The van der Waals surface area contributed by atoms with Gasteiger partial charge in [0, 0.05) is 11.7 Å². The Balaban J connectivity index is 2.65. The second kappa shape index (κ2) is 5.98. The first-order chi connectivity index (χ1) is 8.63. The molecule has 0 amide bonds. The lowest BCUT2D eigenvalue weighted by Gasteiger charge is -2.08. The monoisotopic (exact) mass is 306 g/mol. The topological polar surface area (TPSA) is 101 Å². The van der Waals surface area contributed by atoms with Gasteiger partial charge in [-0.15, -0.1) is 0 Å². The van der Waals surface area contributed by atoms with Crippen LogP contribution in [-0.2, 0) is 18.9 Å². The minimum atomic E-state index is -4.39. The summed E-state index contributed by atoms with van der Waals surface area (Å²) in [6.45, 7) is 4.65. The van der Waals surface area contributed by atoms with E-state index in [1.807, 2.05) is 6.92 Å². The van der Waals surface area contributed by atoms with Crippen LogP contribution < -0.4 is 0 Å². The Kier molecular flexibility index (Phi) is 5.06. The number of rotatable bonds is 6.